The Morgan fingerprint density at radius 1 is 0.622 bits per heavy atom. The molecule has 5 atom stereocenters. The maximum atomic E-state index is 10.4. The van der Waals surface area contributed by atoms with Crippen LogP contribution in [0.1, 0.15) is 51.5 Å². The molecule has 0 aliphatic rings. The van der Waals surface area contributed by atoms with E-state index in [4.69, 9.17) is 70.8 Å². The predicted octanol–water partition coefficient (Wildman–Crippen LogP) is -2.63. The van der Waals surface area contributed by atoms with Crippen LogP contribution in [-0.4, -0.2) is 103 Å². The molecule has 1 aromatic rings. The highest BCUT2D eigenvalue weighted by Crippen LogP contribution is 2.10. The number of hydrogen-bond donors (Lipinski definition) is 13. The average Bonchev–Trinajstić information content (AvgIpc) is 2.94. The van der Waals surface area contributed by atoms with Gasteiger partial charge in [0.15, 0.2) is 0 Å². The molecule has 0 saturated carbocycles. The van der Waals surface area contributed by atoms with Gasteiger partial charge in [-0.3, -0.25) is 28.8 Å². The molecule has 0 bridgehead atoms. The third kappa shape index (κ3) is 35.7. The van der Waals surface area contributed by atoms with Crippen molar-refractivity contribution in [1.29, 1.82) is 0 Å². The van der Waals surface area contributed by atoms with Crippen LogP contribution in [0.4, 0.5) is 0 Å². The van der Waals surface area contributed by atoms with E-state index in [-0.39, 0.29) is 25.0 Å². The number of unbranched alkanes of at least 4 members (excludes halogenated alkanes) is 1. The summed E-state index contributed by atoms with van der Waals surface area (Å²) in [6.07, 6.45) is 2.56. The number of aliphatic carboxylic acids is 5. The molecule has 0 radical (unpaired) electrons. The molecule has 0 aliphatic carbocycles. The van der Waals surface area contributed by atoms with Crippen molar-refractivity contribution in [2.45, 2.75) is 82.6 Å². The van der Waals surface area contributed by atoms with Gasteiger partial charge in [0.1, 0.15) is 36.0 Å². The monoisotopic (exact) mass is 651 g/mol. The van der Waals surface area contributed by atoms with Crippen LogP contribution in [0, 0.1) is 0 Å². The van der Waals surface area contributed by atoms with Crippen LogP contribution >= 0.6 is 0 Å². The lowest BCUT2D eigenvalue weighted by Gasteiger charge is -2.05. The van der Waals surface area contributed by atoms with Gasteiger partial charge in [-0.15, -0.1) is 0 Å². The number of nitrogens with two attached hydrogens (primary N) is 7. The van der Waals surface area contributed by atoms with Crippen LogP contribution in [0.3, 0.4) is 0 Å². The summed E-state index contributed by atoms with van der Waals surface area (Å²) in [5, 5.41) is 49.8. The standard InChI is InChI=1S/C9H11NO3.C6H14N2O2.C5H10N2O3.2C3H7NO2/c10-8(9(12)13)5-6-1-3-7(11)4-2-6;7-4-2-1-3-5(8)6(9)10;6-3(5(9)10)1-2-4(7)8;2*1-2(4)3(5)6/h1-4,8,11H,5,10H2,(H,12,13);5H,1-4,7-8H2,(H,9,10);3H,1-2,6H2,(H2,7,8)(H,9,10);2*2H,4H2,1H3,(H,5,6)/t8-;5-;3-;2*2-/m00000/s1. The maximum Gasteiger partial charge on any atom is 0.320 e. The van der Waals surface area contributed by atoms with Crippen molar-refractivity contribution in [3.63, 3.8) is 0 Å². The number of phenolic OH excluding ortho intramolecular Hbond substituents is 1. The molecule has 20 N–H and O–H groups in total. The van der Waals surface area contributed by atoms with Gasteiger partial charge in [-0.25, -0.2) is 0 Å². The summed E-state index contributed by atoms with van der Waals surface area (Å²) >= 11 is 0. The molecule has 0 unspecified atom stereocenters. The van der Waals surface area contributed by atoms with E-state index in [1.807, 2.05) is 0 Å². The van der Waals surface area contributed by atoms with E-state index in [0.717, 1.165) is 18.4 Å². The summed E-state index contributed by atoms with van der Waals surface area (Å²) in [5.74, 6) is -5.36. The number of phenols is 1. The number of rotatable bonds is 14. The fourth-order valence-corrected chi connectivity index (χ4v) is 2.03. The van der Waals surface area contributed by atoms with Crippen molar-refractivity contribution < 1.29 is 59.4 Å². The molecule has 260 valence electrons. The normalized spacial score (nSPS) is 12.9. The van der Waals surface area contributed by atoms with Crippen molar-refractivity contribution >= 4 is 35.8 Å². The Hall–Kier alpha value is -4.40. The third-order valence-electron chi connectivity index (χ3n) is 4.79. The molecular formula is C26H49N7O12. The molecule has 0 aliphatic heterocycles. The van der Waals surface area contributed by atoms with Gasteiger partial charge in [-0.05, 0) is 63.8 Å². The van der Waals surface area contributed by atoms with Crippen LogP contribution in [0.25, 0.3) is 0 Å². The second-order valence-corrected chi connectivity index (χ2v) is 9.25. The number of carboxylic acids is 5. The summed E-state index contributed by atoms with van der Waals surface area (Å²) in [6, 6.07) is 2.27. The minimum atomic E-state index is -1.11. The Bertz CT molecular complexity index is 991. The summed E-state index contributed by atoms with van der Waals surface area (Å²) in [4.78, 5) is 59.8. The van der Waals surface area contributed by atoms with E-state index in [9.17, 15) is 28.8 Å². The van der Waals surface area contributed by atoms with Gasteiger partial charge in [-0.1, -0.05) is 18.6 Å². The minimum Gasteiger partial charge on any atom is -0.508 e. The van der Waals surface area contributed by atoms with Gasteiger partial charge in [0, 0.05) is 6.42 Å². The molecule has 45 heavy (non-hydrogen) atoms. The second-order valence-electron chi connectivity index (χ2n) is 9.25. The highest BCUT2D eigenvalue weighted by molar-refractivity contribution is 5.77. The Kier molecular flexibility index (Phi) is 30.0. The number of amides is 1. The number of carboxylic acid groups (broad SMARTS) is 5. The van der Waals surface area contributed by atoms with Gasteiger partial charge in [0.05, 0.1) is 0 Å². The zero-order valence-corrected chi connectivity index (χ0v) is 25.3. The van der Waals surface area contributed by atoms with Crippen molar-refractivity contribution in [2.24, 2.45) is 40.1 Å². The molecule has 0 spiro atoms. The zero-order valence-electron chi connectivity index (χ0n) is 25.3. The lowest BCUT2D eigenvalue weighted by atomic mass is 10.1. The number of aromatic hydroxyl groups is 1. The van der Waals surface area contributed by atoms with Crippen LogP contribution in [0.15, 0.2) is 24.3 Å². The van der Waals surface area contributed by atoms with Crippen LogP contribution < -0.4 is 40.1 Å². The molecular weight excluding hydrogens is 602 g/mol. The van der Waals surface area contributed by atoms with E-state index >= 15 is 0 Å². The fourth-order valence-electron chi connectivity index (χ4n) is 2.03. The predicted molar refractivity (Wildman–Crippen MR) is 163 cm³/mol. The molecule has 1 aromatic carbocycles. The van der Waals surface area contributed by atoms with Crippen molar-refractivity contribution in [1.82, 2.24) is 0 Å². The Morgan fingerprint density at radius 3 is 1.27 bits per heavy atom. The number of carbonyl (C=O) groups excluding carboxylic acids is 1. The first-order valence-electron chi connectivity index (χ1n) is 13.3. The number of benzene rings is 1. The SMILES string of the molecule is C[C@H](N)C(=O)O.C[C@H](N)C(=O)O.NC(=O)CC[C@H](N)C(=O)O.NCCCC[C@H](N)C(=O)O.N[C@@H](Cc1ccc(O)cc1)C(=O)O. The Labute approximate surface area is 260 Å². The zero-order chi connectivity index (χ0) is 36.3. The fraction of sp³-hybridized carbons (Fsp3) is 0.538. The number of carbonyl (C=O) groups is 6. The topological polar surface area (TPSA) is 406 Å². The third-order valence-corrected chi connectivity index (χ3v) is 4.79. The van der Waals surface area contributed by atoms with Gasteiger partial charge in [-0.2, -0.15) is 0 Å². The van der Waals surface area contributed by atoms with E-state index in [0.29, 0.717) is 13.0 Å². The molecule has 0 aromatic heterocycles. The lowest BCUT2D eigenvalue weighted by Crippen LogP contribution is -2.32. The smallest absolute Gasteiger partial charge is 0.320 e. The first kappa shape index (κ1) is 47.5. The lowest BCUT2D eigenvalue weighted by molar-refractivity contribution is -0.139. The molecule has 19 heteroatoms. The Morgan fingerprint density at radius 2 is 0.978 bits per heavy atom. The summed E-state index contributed by atoms with van der Waals surface area (Å²) < 4.78 is 0. The molecule has 0 heterocycles. The molecule has 1 amide bonds. The van der Waals surface area contributed by atoms with Crippen molar-refractivity contribution in [2.75, 3.05) is 6.54 Å². The summed E-state index contributed by atoms with van der Waals surface area (Å²) in [6.45, 7) is 3.44. The van der Waals surface area contributed by atoms with Crippen LogP contribution in [0.2, 0.25) is 0 Å². The molecule has 19 nitrogen and oxygen atoms in total. The van der Waals surface area contributed by atoms with E-state index < -0.39 is 66.0 Å². The minimum absolute atomic E-state index is 0.0213. The van der Waals surface area contributed by atoms with E-state index in [2.05, 4.69) is 0 Å². The molecule has 0 fully saturated rings. The highest BCUT2D eigenvalue weighted by Gasteiger charge is 2.12. The molecule has 0 saturated heterocycles. The highest BCUT2D eigenvalue weighted by atomic mass is 16.4. The quantitative estimate of drug-likeness (QED) is 0.0914. The second kappa shape index (κ2) is 28.4. The summed E-state index contributed by atoms with van der Waals surface area (Å²) in [5.41, 5.74) is 36.0. The van der Waals surface area contributed by atoms with Crippen molar-refractivity contribution in [3.8, 4) is 5.75 Å². The average molecular weight is 652 g/mol. The van der Waals surface area contributed by atoms with Gasteiger partial charge in [0.2, 0.25) is 5.91 Å². The van der Waals surface area contributed by atoms with Crippen LogP contribution in [0.5, 0.6) is 5.75 Å². The van der Waals surface area contributed by atoms with Gasteiger partial charge >= 0.3 is 29.8 Å². The Balaban J connectivity index is -0.000000241. The number of primary amides is 1. The first-order chi connectivity index (χ1) is 20.6. The van der Waals surface area contributed by atoms with E-state index in [1.54, 1.807) is 12.1 Å². The van der Waals surface area contributed by atoms with Crippen LogP contribution in [-0.2, 0) is 35.2 Å². The summed E-state index contributed by atoms with van der Waals surface area (Å²) in [7, 11) is 0. The molecule has 1 rings (SSSR count). The first-order valence-corrected chi connectivity index (χ1v) is 13.3. The van der Waals surface area contributed by atoms with Crippen molar-refractivity contribution in [3.05, 3.63) is 29.8 Å². The number of hydrogen-bond acceptors (Lipinski definition) is 13. The van der Waals surface area contributed by atoms with Gasteiger partial charge < -0.3 is 70.8 Å². The maximum absolute atomic E-state index is 10.4. The van der Waals surface area contributed by atoms with E-state index in [1.165, 1.54) is 26.0 Å². The van der Waals surface area contributed by atoms with Gasteiger partial charge in [0.25, 0.3) is 0 Å². The largest absolute Gasteiger partial charge is 0.508 e.